The van der Waals surface area contributed by atoms with E-state index in [0.29, 0.717) is 0 Å². The van der Waals surface area contributed by atoms with E-state index in [2.05, 4.69) is 20.1 Å². The summed E-state index contributed by atoms with van der Waals surface area (Å²) in [7, 11) is 0. The topological polar surface area (TPSA) is 154 Å². The molecule has 0 aromatic carbocycles. The predicted octanol–water partition coefficient (Wildman–Crippen LogP) is -2.26. The molecule has 2 rings (SSSR count). The van der Waals surface area contributed by atoms with Gasteiger partial charge in [-0.2, -0.15) is 9.66 Å². The van der Waals surface area contributed by atoms with Gasteiger partial charge in [0.15, 0.2) is 11.2 Å². The van der Waals surface area contributed by atoms with Crippen molar-refractivity contribution >= 4 is 23.1 Å². The van der Waals surface area contributed by atoms with Gasteiger partial charge in [-0.3, -0.25) is 9.78 Å². The standard InChI is InChI=1S/C6H8N8O/c7-5(8)13-14-1-10-2-3(14)11-6(9)12-4(2)15/h1H,(H4,7,8,13)(H3,9,11,12,15). The number of fused-ring (bicyclic) bond motifs is 1. The number of imidazole rings is 1. The zero-order valence-corrected chi connectivity index (χ0v) is 7.51. The first-order valence-corrected chi connectivity index (χ1v) is 3.90. The highest BCUT2D eigenvalue weighted by atomic mass is 16.1. The maximum Gasteiger partial charge on any atom is 0.280 e. The van der Waals surface area contributed by atoms with Gasteiger partial charge in [0.2, 0.25) is 11.9 Å². The number of hydrogen-bond donors (Lipinski definition) is 4. The van der Waals surface area contributed by atoms with E-state index in [1.54, 1.807) is 0 Å². The molecule has 78 valence electrons. The molecule has 0 saturated carbocycles. The van der Waals surface area contributed by atoms with Crippen molar-refractivity contribution in [1.82, 2.24) is 19.6 Å². The van der Waals surface area contributed by atoms with Crippen LogP contribution in [0.1, 0.15) is 0 Å². The van der Waals surface area contributed by atoms with Crippen LogP contribution in [0.2, 0.25) is 0 Å². The first-order valence-electron chi connectivity index (χ1n) is 3.90. The average molecular weight is 208 g/mol. The minimum absolute atomic E-state index is 0.0277. The molecule has 0 fully saturated rings. The number of aromatic amines is 1. The Morgan fingerprint density at radius 1 is 1.53 bits per heavy atom. The summed E-state index contributed by atoms with van der Waals surface area (Å²) < 4.78 is 1.18. The van der Waals surface area contributed by atoms with Gasteiger partial charge in [0, 0.05) is 0 Å². The molecule has 2 heterocycles. The van der Waals surface area contributed by atoms with Crippen LogP contribution in [0.15, 0.2) is 16.2 Å². The van der Waals surface area contributed by atoms with Gasteiger partial charge >= 0.3 is 0 Å². The molecule has 0 aliphatic heterocycles. The summed E-state index contributed by atoms with van der Waals surface area (Å²) in [4.78, 5) is 21.3. The minimum atomic E-state index is -0.443. The lowest BCUT2D eigenvalue weighted by molar-refractivity contribution is 0.885. The highest BCUT2D eigenvalue weighted by Gasteiger charge is 2.08. The van der Waals surface area contributed by atoms with Crippen LogP contribution in [0, 0.1) is 0 Å². The summed E-state index contributed by atoms with van der Waals surface area (Å²) in [6, 6.07) is 0. The predicted molar refractivity (Wildman–Crippen MR) is 53.8 cm³/mol. The molecule has 9 heteroatoms. The average Bonchev–Trinajstić information content (AvgIpc) is 2.48. The number of nitrogens with one attached hydrogen (secondary N) is 1. The number of H-pyrrole nitrogens is 1. The molecule has 0 aliphatic rings. The lowest BCUT2D eigenvalue weighted by Gasteiger charge is -1.96. The third-order valence-electron chi connectivity index (χ3n) is 1.63. The second kappa shape index (κ2) is 2.97. The van der Waals surface area contributed by atoms with Crippen molar-refractivity contribution in [1.29, 1.82) is 0 Å². The Morgan fingerprint density at radius 2 is 2.27 bits per heavy atom. The van der Waals surface area contributed by atoms with Gasteiger partial charge in [-0.25, -0.2) is 4.98 Å². The Bertz CT molecular complexity index is 589. The van der Waals surface area contributed by atoms with Crippen LogP contribution in [0.5, 0.6) is 0 Å². The van der Waals surface area contributed by atoms with E-state index in [0.717, 1.165) is 0 Å². The van der Waals surface area contributed by atoms with Crippen molar-refractivity contribution < 1.29 is 0 Å². The van der Waals surface area contributed by atoms with Gasteiger partial charge in [0.1, 0.15) is 6.33 Å². The van der Waals surface area contributed by atoms with Gasteiger partial charge in [-0.15, -0.1) is 5.10 Å². The number of nitrogens with two attached hydrogens (primary N) is 3. The molecule has 2 aromatic rings. The summed E-state index contributed by atoms with van der Waals surface area (Å²) in [5, 5.41) is 3.69. The molecule has 2 aromatic heterocycles. The van der Waals surface area contributed by atoms with Crippen LogP contribution in [-0.2, 0) is 0 Å². The molecule has 0 bridgehead atoms. The first-order chi connectivity index (χ1) is 7.08. The van der Waals surface area contributed by atoms with Gasteiger partial charge in [-0.1, -0.05) is 0 Å². The highest BCUT2D eigenvalue weighted by Crippen LogP contribution is 2.05. The second-order valence-electron chi connectivity index (χ2n) is 2.74. The second-order valence-corrected chi connectivity index (χ2v) is 2.74. The van der Waals surface area contributed by atoms with Crippen molar-refractivity contribution in [3.8, 4) is 0 Å². The summed E-state index contributed by atoms with van der Waals surface area (Å²) in [5.74, 6) is -0.199. The van der Waals surface area contributed by atoms with Crippen LogP contribution in [-0.4, -0.2) is 25.6 Å². The van der Waals surface area contributed by atoms with Crippen LogP contribution in [0.3, 0.4) is 0 Å². The van der Waals surface area contributed by atoms with Crippen LogP contribution in [0.25, 0.3) is 11.2 Å². The smallest absolute Gasteiger partial charge is 0.280 e. The highest BCUT2D eigenvalue weighted by molar-refractivity contribution is 5.77. The third kappa shape index (κ3) is 1.45. The number of guanidine groups is 1. The fourth-order valence-corrected chi connectivity index (χ4v) is 1.11. The molecule has 0 aliphatic carbocycles. The Labute approximate surface area is 82.6 Å². The number of hydrogen-bond acceptors (Lipinski definition) is 5. The fourth-order valence-electron chi connectivity index (χ4n) is 1.11. The van der Waals surface area contributed by atoms with E-state index in [1.165, 1.54) is 11.0 Å². The summed E-state index contributed by atoms with van der Waals surface area (Å²) in [6.45, 7) is 0. The number of anilines is 1. The molecule has 15 heavy (non-hydrogen) atoms. The number of aromatic nitrogens is 4. The Balaban J connectivity index is 2.80. The molecule has 7 N–H and O–H groups in total. The Kier molecular flexibility index (Phi) is 1.78. The van der Waals surface area contributed by atoms with Crippen molar-refractivity contribution in [2.75, 3.05) is 5.73 Å². The Morgan fingerprint density at radius 3 is 2.93 bits per heavy atom. The van der Waals surface area contributed by atoms with Gasteiger partial charge in [0.25, 0.3) is 5.56 Å². The van der Waals surface area contributed by atoms with E-state index >= 15 is 0 Å². The number of rotatable bonds is 1. The van der Waals surface area contributed by atoms with Crippen LogP contribution in [0.4, 0.5) is 5.95 Å². The zero-order valence-electron chi connectivity index (χ0n) is 7.51. The van der Waals surface area contributed by atoms with E-state index < -0.39 is 5.56 Å². The third-order valence-corrected chi connectivity index (χ3v) is 1.63. The molecular weight excluding hydrogens is 200 g/mol. The molecule has 0 amide bonds. The lowest BCUT2D eigenvalue weighted by atomic mass is 10.5. The summed E-state index contributed by atoms with van der Waals surface area (Å²) in [6.07, 6.45) is 1.27. The molecule has 9 nitrogen and oxygen atoms in total. The number of nitrogens with zero attached hydrogens (tertiary/aromatic N) is 4. The van der Waals surface area contributed by atoms with Crippen molar-refractivity contribution in [3.05, 3.63) is 16.7 Å². The van der Waals surface area contributed by atoms with Gasteiger partial charge < -0.3 is 17.2 Å². The molecule has 0 spiro atoms. The fraction of sp³-hybridized carbons (Fsp3) is 0. The van der Waals surface area contributed by atoms with Gasteiger partial charge in [0.05, 0.1) is 0 Å². The Hall–Kier alpha value is -2.58. The first kappa shape index (κ1) is 8.99. The minimum Gasteiger partial charge on any atom is -0.369 e. The quantitative estimate of drug-likeness (QED) is 0.306. The summed E-state index contributed by atoms with van der Waals surface area (Å²) in [5.41, 5.74) is 15.6. The van der Waals surface area contributed by atoms with Gasteiger partial charge in [-0.05, 0) is 0 Å². The van der Waals surface area contributed by atoms with E-state index in [9.17, 15) is 4.79 Å². The lowest BCUT2D eigenvalue weighted by Crippen LogP contribution is -2.24. The van der Waals surface area contributed by atoms with Crippen molar-refractivity contribution in [2.45, 2.75) is 0 Å². The van der Waals surface area contributed by atoms with Crippen molar-refractivity contribution in [3.63, 3.8) is 0 Å². The summed E-state index contributed by atoms with van der Waals surface area (Å²) >= 11 is 0. The maximum atomic E-state index is 11.3. The van der Waals surface area contributed by atoms with E-state index in [4.69, 9.17) is 17.2 Å². The monoisotopic (exact) mass is 208 g/mol. The molecule has 0 atom stereocenters. The van der Waals surface area contributed by atoms with Crippen molar-refractivity contribution in [2.24, 2.45) is 16.6 Å². The molecular formula is C6H8N8O. The molecule has 0 saturated heterocycles. The van der Waals surface area contributed by atoms with E-state index in [-0.39, 0.29) is 23.1 Å². The van der Waals surface area contributed by atoms with Crippen LogP contribution < -0.4 is 22.8 Å². The zero-order chi connectivity index (χ0) is 11.0. The SMILES string of the molecule is NC(N)=Nn1cnc2c(=O)[nH]c(N)nc21. The largest absolute Gasteiger partial charge is 0.369 e. The normalized spacial score (nSPS) is 10.4. The molecule has 0 unspecified atom stereocenters. The van der Waals surface area contributed by atoms with Crippen LogP contribution >= 0.6 is 0 Å². The molecule has 0 radical (unpaired) electrons. The maximum absolute atomic E-state index is 11.3. The van der Waals surface area contributed by atoms with E-state index in [1.807, 2.05) is 0 Å². The number of nitrogen functional groups attached to an aromatic ring is 1.